The maximum Gasteiger partial charge on any atom is 0.239 e. The molecule has 0 spiro atoms. The van der Waals surface area contributed by atoms with E-state index in [0.717, 1.165) is 24.7 Å². The van der Waals surface area contributed by atoms with Gasteiger partial charge < -0.3 is 14.6 Å². The molecule has 1 heterocycles. The summed E-state index contributed by atoms with van der Waals surface area (Å²) < 4.78 is 28.8. The fraction of sp³-hybridized carbons (Fsp3) is 0.353. The van der Waals surface area contributed by atoms with Crippen LogP contribution in [0.25, 0.3) is 0 Å². The fourth-order valence-electron chi connectivity index (χ4n) is 2.31. The third-order valence-corrected chi connectivity index (χ3v) is 5.96. The van der Waals surface area contributed by atoms with Gasteiger partial charge in [0.05, 0.1) is 23.4 Å². The Morgan fingerprint density at radius 1 is 1.37 bits per heavy atom. The number of hydrogen-bond donors (Lipinski definition) is 2. The van der Waals surface area contributed by atoms with Gasteiger partial charge in [-0.05, 0) is 51.3 Å². The van der Waals surface area contributed by atoms with Gasteiger partial charge in [0.2, 0.25) is 15.1 Å². The molecular formula is C17H22ClN3O4S2. The van der Waals surface area contributed by atoms with Crippen LogP contribution in [0.5, 0.6) is 0 Å². The zero-order valence-corrected chi connectivity index (χ0v) is 17.5. The Hall–Kier alpha value is -1.52. The first kappa shape index (κ1) is 21.8. The third kappa shape index (κ3) is 6.54. The van der Waals surface area contributed by atoms with Gasteiger partial charge in [0.25, 0.3) is 0 Å². The molecule has 0 aliphatic heterocycles. The summed E-state index contributed by atoms with van der Waals surface area (Å²) in [5.41, 5.74) is 0.638. The van der Waals surface area contributed by atoms with Crippen LogP contribution in [-0.4, -0.2) is 44.8 Å². The molecule has 1 aromatic carbocycles. The Labute approximate surface area is 168 Å². The summed E-state index contributed by atoms with van der Waals surface area (Å²) in [4.78, 5) is 14.4. The highest BCUT2D eigenvalue weighted by Crippen LogP contribution is 2.31. The molecule has 0 saturated heterocycles. The molecule has 27 heavy (non-hydrogen) atoms. The molecular weight excluding hydrogens is 410 g/mol. The SMILES string of the molecule is CN(C)CCCSC(=O)c1cc(S(N)(=O)=O)c(Cl)cc1NCc1ccco1. The topological polar surface area (TPSA) is 106 Å². The molecule has 7 nitrogen and oxygen atoms in total. The minimum atomic E-state index is -4.05. The fourth-order valence-corrected chi connectivity index (χ4v) is 4.19. The Morgan fingerprint density at radius 3 is 2.70 bits per heavy atom. The number of furan rings is 1. The molecule has 2 rings (SSSR count). The second-order valence-electron chi connectivity index (χ2n) is 6.10. The molecule has 0 bridgehead atoms. The number of halogens is 1. The molecule has 0 unspecified atom stereocenters. The van der Waals surface area contributed by atoms with Gasteiger partial charge in [-0.25, -0.2) is 13.6 Å². The molecule has 0 amide bonds. The number of sulfonamides is 1. The minimum Gasteiger partial charge on any atom is -0.467 e. The molecule has 0 saturated carbocycles. The lowest BCUT2D eigenvalue weighted by Gasteiger charge is -2.14. The highest BCUT2D eigenvalue weighted by Gasteiger charge is 2.21. The average molecular weight is 432 g/mol. The number of hydrogen-bond acceptors (Lipinski definition) is 7. The lowest BCUT2D eigenvalue weighted by atomic mass is 10.2. The number of carbonyl (C=O) groups excluding carboxylic acids is 1. The zero-order valence-electron chi connectivity index (χ0n) is 15.1. The van der Waals surface area contributed by atoms with Gasteiger partial charge >= 0.3 is 0 Å². The smallest absolute Gasteiger partial charge is 0.239 e. The summed E-state index contributed by atoms with van der Waals surface area (Å²) in [7, 11) is -0.129. The van der Waals surface area contributed by atoms with Crippen LogP contribution in [0, 0.1) is 0 Å². The van der Waals surface area contributed by atoms with Crippen LogP contribution in [0.3, 0.4) is 0 Å². The molecule has 10 heteroatoms. The second-order valence-corrected chi connectivity index (χ2v) is 9.10. The van der Waals surface area contributed by atoms with Crippen molar-refractivity contribution in [3.63, 3.8) is 0 Å². The van der Waals surface area contributed by atoms with Gasteiger partial charge in [0.15, 0.2) is 0 Å². The van der Waals surface area contributed by atoms with Gasteiger partial charge in [0, 0.05) is 11.4 Å². The largest absolute Gasteiger partial charge is 0.467 e. The molecule has 2 aromatic rings. The van der Waals surface area contributed by atoms with Crippen molar-refractivity contribution < 1.29 is 17.6 Å². The average Bonchev–Trinajstić information content (AvgIpc) is 3.08. The summed E-state index contributed by atoms with van der Waals surface area (Å²) in [5.74, 6) is 1.28. The predicted molar refractivity (Wildman–Crippen MR) is 109 cm³/mol. The molecule has 0 fully saturated rings. The number of nitrogens with zero attached hydrogens (tertiary/aromatic N) is 1. The maximum atomic E-state index is 12.7. The Kier molecular flexibility index (Phi) is 7.75. The van der Waals surface area contributed by atoms with E-state index in [9.17, 15) is 13.2 Å². The third-order valence-electron chi connectivity index (χ3n) is 3.61. The first-order valence-electron chi connectivity index (χ1n) is 8.13. The highest BCUT2D eigenvalue weighted by molar-refractivity contribution is 8.14. The van der Waals surface area contributed by atoms with E-state index in [2.05, 4.69) is 5.32 Å². The predicted octanol–water partition coefficient (Wildman–Crippen LogP) is 3.02. The van der Waals surface area contributed by atoms with Crippen molar-refractivity contribution in [3.8, 4) is 0 Å². The van der Waals surface area contributed by atoms with Crippen molar-refractivity contribution in [3.05, 3.63) is 46.9 Å². The normalized spacial score (nSPS) is 11.7. The van der Waals surface area contributed by atoms with Gasteiger partial charge in [-0.3, -0.25) is 4.79 Å². The van der Waals surface area contributed by atoms with Crippen LogP contribution in [0.1, 0.15) is 22.5 Å². The van der Waals surface area contributed by atoms with Crippen molar-refractivity contribution in [2.45, 2.75) is 17.9 Å². The Bertz CT molecular complexity index is 884. The van der Waals surface area contributed by atoms with Crippen LogP contribution in [-0.2, 0) is 16.6 Å². The quantitative estimate of drug-likeness (QED) is 0.588. The lowest BCUT2D eigenvalue weighted by molar-refractivity contribution is 0.108. The molecule has 1 aromatic heterocycles. The van der Waals surface area contributed by atoms with E-state index < -0.39 is 10.0 Å². The maximum absolute atomic E-state index is 12.7. The van der Waals surface area contributed by atoms with E-state index in [1.807, 2.05) is 19.0 Å². The van der Waals surface area contributed by atoms with E-state index in [-0.39, 0.29) is 20.6 Å². The van der Waals surface area contributed by atoms with Crippen molar-refractivity contribution in [1.82, 2.24) is 4.90 Å². The second kappa shape index (κ2) is 9.61. The van der Waals surface area contributed by atoms with Gasteiger partial charge in [-0.15, -0.1) is 0 Å². The van der Waals surface area contributed by atoms with Crippen LogP contribution in [0.2, 0.25) is 5.02 Å². The van der Waals surface area contributed by atoms with E-state index in [4.69, 9.17) is 21.2 Å². The lowest BCUT2D eigenvalue weighted by Crippen LogP contribution is -2.15. The summed E-state index contributed by atoms with van der Waals surface area (Å²) in [6.45, 7) is 1.18. The van der Waals surface area contributed by atoms with E-state index in [0.29, 0.717) is 23.7 Å². The number of anilines is 1. The molecule has 3 N–H and O–H groups in total. The van der Waals surface area contributed by atoms with Crippen molar-refractivity contribution in [2.75, 3.05) is 31.7 Å². The number of thioether (sulfide) groups is 1. The van der Waals surface area contributed by atoms with Gasteiger partial charge in [0.1, 0.15) is 10.7 Å². The number of carbonyl (C=O) groups is 1. The first-order valence-corrected chi connectivity index (χ1v) is 11.0. The van der Waals surface area contributed by atoms with Crippen LogP contribution in [0.4, 0.5) is 5.69 Å². The van der Waals surface area contributed by atoms with Gasteiger partial charge in [-0.1, -0.05) is 23.4 Å². The summed E-state index contributed by atoms with van der Waals surface area (Å²) in [5, 5.41) is 7.98. The number of rotatable bonds is 9. The monoisotopic (exact) mass is 431 g/mol. The van der Waals surface area contributed by atoms with E-state index >= 15 is 0 Å². The first-order chi connectivity index (χ1) is 12.7. The van der Waals surface area contributed by atoms with Crippen molar-refractivity contribution in [2.24, 2.45) is 5.14 Å². The summed E-state index contributed by atoms with van der Waals surface area (Å²) in [6, 6.07) is 6.16. The standard InChI is InChI=1S/C17H22ClN3O4S2/c1-21(2)6-4-8-26-17(22)13-9-16(27(19,23)24)14(18)10-15(13)20-11-12-5-3-7-25-12/h3,5,7,9-10,20H,4,6,8,11H2,1-2H3,(H2,19,23,24). The van der Waals surface area contributed by atoms with Gasteiger partial charge in [-0.2, -0.15) is 0 Å². The Balaban J connectivity index is 2.25. The van der Waals surface area contributed by atoms with Crippen LogP contribution in [0.15, 0.2) is 39.8 Å². The van der Waals surface area contributed by atoms with E-state index in [1.54, 1.807) is 18.4 Å². The van der Waals surface area contributed by atoms with E-state index in [1.165, 1.54) is 12.1 Å². The van der Waals surface area contributed by atoms with Crippen LogP contribution >= 0.6 is 23.4 Å². The van der Waals surface area contributed by atoms with Crippen molar-refractivity contribution in [1.29, 1.82) is 0 Å². The van der Waals surface area contributed by atoms with Crippen LogP contribution < -0.4 is 10.5 Å². The van der Waals surface area contributed by atoms with Crippen molar-refractivity contribution >= 4 is 44.2 Å². The summed E-state index contributed by atoms with van der Waals surface area (Å²) >= 11 is 7.19. The molecule has 0 aliphatic carbocycles. The Morgan fingerprint density at radius 2 is 2.11 bits per heavy atom. The summed E-state index contributed by atoms with van der Waals surface area (Å²) in [6.07, 6.45) is 2.37. The molecule has 0 aliphatic rings. The minimum absolute atomic E-state index is 0.0476. The number of benzene rings is 1. The number of nitrogens with two attached hydrogens (primary N) is 1. The number of nitrogens with one attached hydrogen (secondary N) is 1. The molecule has 148 valence electrons. The highest BCUT2D eigenvalue weighted by atomic mass is 35.5. The zero-order chi connectivity index (χ0) is 20.0. The number of primary sulfonamides is 1. The molecule has 0 atom stereocenters. The molecule has 0 radical (unpaired) electrons.